The van der Waals surface area contributed by atoms with Gasteiger partial charge in [0.2, 0.25) is 11.8 Å². The van der Waals surface area contributed by atoms with E-state index in [9.17, 15) is 20.0 Å². The average Bonchev–Trinajstić information content (AvgIpc) is 3.06. The molecule has 0 aromatic heterocycles. The van der Waals surface area contributed by atoms with Gasteiger partial charge in [-0.1, -0.05) is 61.5 Å². The van der Waals surface area contributed by atoms with Crippen molar-refractivity contribution in [2.45, 2.75) is 18.3 Å². The van der Waals surface area contributed by atoms with E-state index < -0.39 is 22.5 Å². The second kappa shape index (κ2) is 6.11. The van der Waals surface area contributed by atoms with Crippen LogP contribution in [0.15, 0.2) is 72.8 Å². The van der Waals surface area contributed by atoms with Crippen molar-refractivity contribution in [2.75, 3.05) is 4.90 Å². The molecule has 3 atom stereocenters. The molecule has 1 unspecified atom stereocenters. The van der Waals surface area contributed by atoms with Crippen LogP contribution in [-0.2, 0) is 15.0 Å². The van der Waals surface area contributed by atoms with Crippen molar-refractivity contribution in [1.82, 2.24) is 0 Å². The topological polar surface area (TPSA) is 85.1 Å². The summed E-state index contributed by atoms with van der Waals surface area (Å²) in [5, 5.41) is 19.7. The van der Waals surface area contributed by atoms with Crippen molar-refractivity contribution in [1.29, 1.82) is 0 Å². The molecule has 2 amide bonds. The first-order valence-corrected chi connectivity index (χ1v) is 10.3. The van der Waals surface area contributed by atoms with Gasteiger partial charge in [0.1, 0.15) is 0 Å². The fourth-order valence-electron chi connectivity index (χ4n) is 6.18. The van der Waals surface area contributed by atoms with Gasteiger partial charge in [0.15, 0.2) is 5.69 Å². The Labute approximate surface area is 178 Å². The predicted octanol–water partition coefficient (Wildman–Crippen LogP) is 2.66. The monoisotopic (exact) mass is 412 g/mol. The first kappa shape index (κ1) is 18.4. The molecule has 1 saturated heterocycles. The highest BCUT2D eigenvalue weighted by Crippen LogP contribution is 2.64. The van der Waals surface area contributed by atoms with Crippen molar-refractivity contribution < 1.29 is 20.0 Å². The van der Waals surface area contributed by atoms with Crippen LogP contribution < -0.4 is 10.1 Å². The molecule has 0 saturated carbocycles. The van der Waals surface area contributed by atoms with E-state index in [1.54, 1.807) is 12.1 Å². The van der Waals surface area contributed by atoms with Crippen molar-refractivity contribution >= 4 is 23.2 Å². The Morgan fingerprint density at radius 1 is 0.903 bits per heavy atom. The largest absolute Gasteiger partial charge is 0.595 e. The highest BCUT2D eigenvalue weighted by atomic mass is 16.8. The lowest BCUT2D eigenvalue weighted by atomic mass is 9.48. The quantitative estimate of drug-likeness (QED) is 0.501. The lowest BCUT2D eigenvalue weighted by Gasteiger charge is -2.52. The minimum atomic E-state index is -1.09. The van der Waals surface area contributed by atoms with E-state index in [0.29, 0.717) is 5.69 Å². The Hall–Kier alpha value is -3.32. The Balaban J connectivity index is 1.58. The fraction of sp³-hybridized carbons (Fsp3) is 0.200. The zero-order chi connectivity index (χ0) is 21.5. The van der Waals surface area contributed by atoms with Gasteiger partial charge in [-0.2, -0.15) is 5.23 Å². The molecule has 3 aromatic rings. The molecule has 31 heavy (non-hydrogen) atoms. The summed E-state index contributed by atoms with van der Waals surface area (Å²) >= 11 is 0. The maximum atomic E-state index is 13.8. The van der Waals surface area contributed by atoms with E-state index in [1.807, 2.05) is 24.3 Å². The van der Waals surface area contributed by atoms with E-state index in [0.717, 1.165) is 22.3 Å². The number of nitrogens with one attached hydrogen (secondary N) is 1. The fourth-order valence-corrected chi connectivity index (χ4v) is 6.18. The van der Waals surface area contributed by atoms with Crippen LogP contribution in [0.2, 0.25) is 0 Å². The maximum absolute atomic E-state index is 13.8. The summed E-state index contributed by atoms with van der Waals surface area (Å²) < 4.78 is 0. The van der Waals surface area contributed by atoms with Gasteiger partial charge in [-0.25, -0.2) is 10.1 Å². The molecule has 1 aliphatic heterocycles. The van der Waals surface area contributed by atoms with E-state index in [2.05, 4.69) is 31.2 Å². The van der Waals surface area contributed by atoms with Crippen LogP contribution in [0.4, 0.5) is 11.4 Å². The number of nitrogens with zero attached hydrogens (tertiary/aromatic N) is 1. The van der Waals surface area contributed by atoms with Crippen LogP contribution in [0, 0.1) is 17.0 Å². The van der Waals surface area contributed by atoms with Crippen LogP contribution in [0.3, 0.4) is 0 Å². The van der Waals surface area contributed by atoms with Gasteiger partial charge < -0.3 is 5.21 Å². The number of carbonyl (C=O) groups is 2. The third-order valence-corrected chi connectivity index (χ3v) is 7.39. The number of carbonyl (C=O) groups excluding carboxylic acids is 2. The smallest absolute Gasteiger partial charge is 0.238 e. The lowest BCUT2D eigenvalue weighted by Crippen LogP contribution is -2.99. The van der Waals surface area contributed by atoms with E-state index in [4.69, 9.17) is 0 Å². The molecule has 6 heteroatoms. The number of rotatable bonds is 2. The summed E-state index contributed by atoms with van der Waals surface area (Å²) in [5.74, 6) is -1.73. The van der Waals surface area contributed by atoms with Crippen LogP contribution in [-0.4, -0.2) is 17.0 Å². The summed E-state index contributed by atoms with van der Waals surface area (Å²) in [6.45, 7) is 2.07. The minimum Gasteiger partial charge on any atom is -0.595 e. The Kier molecular flexibility index (Phi) is 3.63. The number of benzene rings is 3. The second-order valence-electron chi connectivity index (χ2n) is 8.73. The van der Waals surface area contributed by atoms with Gasteiger partial charge in [-0.05, 0) is 28.3 Å². The predicted molar refractivity (Wildman–Crippen MR) is 113 cm³/mol. The molecule has 0 spiro atoms. The molecule has 3 aromatic carbocycles. The van der Waals surface area contributed by atoms with E-state index in [-0.39, 0.29) is 23.4 Å². The number of imide groups is 1. The number of quaternary nitrogens is 1. The molecular weight excluding hydrogens is 392 g/mol. The number of anilines is 1. The van der Waals surface area contributed by atoms with E-state index >= 15 is 0 Å². The number of amides is 2. The summed E-state index contributed by atoms with van der Waals surface area (Å²) in [6.07, 6.45) is 0. The molecule has 0 radical (unpaired) electrons. The summed E-state index contributed by atoms with van der Waals surface area (Å²) in [5.41, 5.74) is 4.15. The zero-order valence-electron chi connectivity index (χ0n) is 16.8. The third kappa shape index (κ3) is 2.16. The molecule has 7 rings (SSSR count). The number of hydrogen-bond donors (Lipinski definition) is 2. The molecule has 4 aliphatic rings. The molecule has 6 nitrogen and oxygen atoms in total. The van der Waals surface area contributed by atoms with Crippen molar-refractivity contribution in [3.63, 3.8) is 0 Å². The highest BCUT2D eigenvalue weighted by molar-refractivity contribution is 6.23. The van der Waals surface area contributed by atoms with E-state index in [1.165, 1.54) is 17.0 Å². The Bertz CT molecular complexity index is 1220. The molecule has 2 N–H and O–H groups in total. The standard InChI is InChI=1S/C25H20N2O4/c1-25-18-11-4-2-9-16(18)20(17-10-3-5-12-19(17)25)21-22(25)24(29)26(23(21)28)14-7-6-8-15(13-14)27(30)31/h2-13,20-22,27,30H,1H3/t20?,21-,22-,25?/m0/s1. The van der Waals surface area contributed by atoms with Crippen molar-refractivity contribution in [2.24, 2.45) is 11.8 Å². The second-order valence-corrected chi connectivity index (χ2v) is 8.73. The Morgan fingerprint density at radius 2 is 1.52 bits per heavy atom. The molecule has 3 aliphatic carbocycles. The highest BCUT2D eigenvalue weighted by Gasteiger charge is 2.66. The molecule has 154 valence electrons. The summed E-state index contributed by atoms with van der Waals surface area (Å²) in [7, 11) is 0. The summed E-state index contributed by atoms with van der Waals surface area (Å²) in [6, 6.07) is 22.3. The van der Waals surface area contributed by atoms with Gasteiger partial charge in [0.05, 0.1) is 17.5 Å². The van der Waals surface area contributed by atoms with Crippen molar-refractivity contribution in [3.05, 3.63) is 100 Å². The molecule has 1 fully saturated rings. The van der Waals surface area contributed by atoms with Crippen LogP contribution in [0.5, 0.6) is 0 Å². The molecular formula is C25H20N2O4. The first-order chi connectivity index (χ1) is 14.9. The van der Waals surface area contributed by atoms with Crippen LogP contribution >= 0.6 is 0 Å². The SMILES string of the molecule is CC12c3ccccc3C(c3ccccc31)[C@@H]1C(=O)N(c3cccc([NH+]([O-])O)c3)C(=O)[C@H]12. The van der Waals surface area contributed by atoms with Crippen LogP contribution in [0.1, 0.15) is 35.1 Å². The Morgan fingerprint density at radius 3 is 2.13 bits per heavy atom. The van der Waals surface area contributed by atoms with Gasteiger partial charge >= 0.3 is 0 Å². The van der Waals surface area contributed by atoms with Gasteiger partial charge in [0.25, 0.3) is 0 Å². The maximum Gasteiger partial charge on any atom is 0.238 e. The average molecular weight is 412 g/mol. The third-order valence-electron chi connectivity index (χ3n) is 7.39. The van der Waals surface area contributed by atoms with Crippen molar-refractivity contribution in [3.8, 4) is 0 Å². The normalized spacial score (nSPS) is 28.9. The molecule has 1 heterocycles. The molecule has 2 bridgehead atoms. The summed E-state index contributed by atoms with van der Waals surface area (Å²) in [4.78, 5) is 28.8. The zero-order valence-corrected chi connectivity index (χ0v) is 16.8. The number of hydrogen-bond acceptors (Lipinski definition) is 4. The van der Waals surface area contributed by atoms with Gasteiger partial charge in [-0.3, -0.25) is 9.59 Å². The minimum absolute atomic E-state index is 0.0497. The van der Waals surface area contributed by atoms with Crippen LogP contribution in [0.25, 0.3) is 0 Å². The first-order valence-electron chi connectivity index (χ1n) is 10.3. The lowest BCUT2D eigenvalue weighted by molar-refractivity contribution is -0.991. The van der Waals surface area contributed by atoms with Gasteiger partial charge in [0, 0.05) is 23.5 Å². The van der Waals surface area contributed by atoms with Gasteiger partial charge in [-0.15, -0.1) is 0 Å².